The second kappa shape index (κ2) is 4.71. The second-order valence-electron chi connectivity index (χ2n) is 3.28. The molecule has 0 aromatic heterocycles. The van der Waals surface area contributed by atoms with E-state index in [1.165, 1.54) is 0 Å². The fraction of sp³-hybridized carbons (Fsp3) is 0.0833. The van der Waals surface area contributed by atoms with E-state index in [1.54, 1.807) is 12.1 Å². The molecule has 2 aromatic rings. The van der Waals surface area contributed by atoms with E-state index in [0.29, 0.717) is 5.56 Å². The van der Waals surface area contributed by atoms with Gasteiger partial charge in [0.2, 0.25) is 0 Å². The van der Waals surface area contributed by atoms with E-state index in [0.717, 1.165) is 16.3 Å². The Morgan fingerprint density at radius 1 is 1.13 bits per heavy atom. The van der Waals surface area contributed by atoms with E-state index >= 15 is 0 Å². The molecule has 0 aliphatic heterocycles. The Hall–Kier alpha value is -0.960. The van der Waals surface area contributed by atoms with E-state index < -0.39 is 5.97 Å². The van der Waals surface area contributed by atoms with Crippen LogP contribution < -0.4 is 0 Å². The van der Waals surface area contributed by atoms with Crippen molar-refractivity contribution in [2.24, 2.45) is 0 Å². The first-order valence-corrected chi connectivity index (χ1v) is 4.42. The van der Waals surface area contributed by atoms with Crippen molar-refractivity contribution in [2.75, 3.05) is 0 Å². The first kappa shape index (κ1) is 12.1. The van der Waals surface area contributed by atoms with E-state index in [4.69, 9.17) is 5.11 Å². The van der Waals surface area contributed by atoms with Gasteiger partial charge in [0, 0.05) is 25.8 Å². The Labute approximate surface area is 107 Å². The molecule has 0 unspecified atom stereocenters. The third-order valence-corrected chi connectivity index (χ3v) is 2.34. The molecule has 1 N–H and O–H groups in total. The maximum atomic E-state index is 11.0. The topological polar surface area (TPSA) is 37.3 Å². The Kier molecular flexibility index (Phi) is 3.80. The van der Waals surface area contributed by atoms with Crippen LogP contribution in [0.25, 0.3) is 10.8 Å². The van der Waals surface area contributed by atoms with E-state index in [2.05, 4.69) is 0 Å². The average molecular weight is 301 g/mol. The number of carboxylic acid groups (broad SMARTS) is 1. The molecular weight excluding hydrogens is 291 g/mol. The van der Waals surface area contributed by atoms with Gasteiger partial charge in [0.15, 0.2) is 0 Å². The fourth-order valence-electron chi connectivity index (χ4n) is 1.71. The van der Waals surface area contributed by atoms with Crippen molar-refractivity contribution in [2.45, 2.75) is 6.92 Å². The van der Waals surface area contributed by atoms with Crippen molar-refractivity contribution >= 4 is 42.6 Å². The van der Waals surface area contributed by atoms with Gasteiger partial charge in [-0.05, 0) is 29.3 Å². The number of carboxylic acids is 1. The second-order valence-corrected chi connectivity index (χ2v) is 3.28. The molecule has 2 rings (SSSR count). The quantitative estimate of drug-likeness (QED) is 0.878. The Morgan fingerprint density at radius 2 is 1.73 bits per heavy atom. The Bertz CT molecular complexity index is 501. The standard InChI is InChI=1S/C12H10O2.In/c1-8-4-2-5-9-6-3-7-10(11(8)9)12(13)14;/h2-7H,1H3,(H,13,14);. The SMILES string of the molecule is Cc1cccc2cccc(C(=O)O)c12.[In]. The molecule has 0 aliphatic rings. The maximum Gasteiger partial charge on any atom is 0.336 e. The maximum absolute atomic E-state index is 11.0. The van der Waals surface area contributed by atoms with Gasteiger partial charge in [-0.1, -0.05) is 30.3 Å². The summed E-state index contributed by atoms with van der Waals surface area (Å²) in [4.78, 5) is 11.0. The number of hydrogen-bond donors (Lipinski definition) is 1. The van der Waals surface area contributed by atoms with Crippen molar-refractivity contribution in [3.63, 3.8) is 0 Å². The molecule has 0 aliphatic carbocycles. The molecule has 73 valence electrons. The molecule has 15 heavy (non-hydrogen) atoms. The summed E-state index contributed by atoms with van der Waals surface area (Å²) in [6.45, 7) is 1.93. The number of fused-ring (bicyclic) bond motifs is 1. The largest absolute Gasteiger partial charge is 0.478 e. The van der Waals surface area contributed by atoms with Gasteiger partial charge in [-0.2, -0.15) is 0 Å². The Balaban J connectivity index is 0.00000112. The molecule has 2 aromatic carbocycles. The summed E-state index contributed by atoms with van der Waals surface area (Å²) in [7, 11) is 0. The summed E-state index contributed by atoms with van der Waals surface area (Å²) in [6, 6.07) is 11.1. The number of hydrogen-bond acceptors (Lipinski definition) is 1. The number of rotatable bonds is 1. The summed E-state index contributed by atoms with van der Waals surface area (Å²) >= 11 is 0. The molecule has 0 saturated carbocycles. The molecule has 0 bridgehead atoms. The van der Waals surface area contributed by atoms with Gasteiger partial charge in [-0.15, -0.1) is 0 Å². The predicted molar refractivity (Wildman–Crippen MR) is 61.4 cm³/mol. The van der Waals surface area contributed by atoms with E-state index in [9.17, 15) is 4.79 Å². The zero-order valence-corrected chi connectivity index (χ0v) is 11.7. The van der Waals surface area contributed by atoms with Crippen LogP contribution in [0.3, 0.4) is 0 Å². The summed E-state index contributed by atoms with van der Waals surface area (Å²) in [6.07, 6.45) is 0. The molecule has 2 nitrogen and oxygen atoms in total. The molecule has 0 fully saturated rings. The first-order valence-electron chi connectivity index (χ1n) is 4.42. The molecule has 0 atom stereocenters. The van der Waals surface area contributed by atoms with Crippen molar-refractivity contribution in [1.82, 2.24) is 0 Å². The Morgan fingerprint density at radius 3 is 2.33 bits per heavy atom. The number of aryl methyl sites for hydroxylation is 1. The van der Waals surface area contributed by atoms with E-state index in [-0.39, 0.29) is 25.8 Å². The predicted octanol–water partition coefficient (Wildman–Crippen LogP) is 2.47. The van der Waals surface area contributed by atoms with Crippen LogP contribution in [0.2, 0.25) is 0 Å². The van der Waals surface area contributed by atoms with Crippen LogP contribution in [0.4, 0.5) is 0 Å². The van der Waals surface area contributed by atoms with Crippen LogP contribution in [0, 0.1) is 6.92 Å². The third-order valence-electron chi connectivity index (χ3n) is 2.34. The summed E-state index contributed by atoms with van der Waals surface area (Å²) in [5.74, 6) is -0.870. The van der Waals surface area contributed by atoms with Crippen LogP contribution in [-0.4, -0.2) is 36.9 Å². The van der Waals surface area contributed by atoms with Crippen LogP contribution in [-0.2, 0) is 0 Å². The van der Waals surface area contributed by atoms with Crippen LogP contribution in [0.1, 0.15) is 15.9 Å². The van der Waals surface area contributed by atoms with Crippen LogP contribution in [0.15, 0.2) is 36.4 Å². The van der Waals surface area contributed by atoms with Gasteiger partial charge >= 0.3 is 5.97 Å². The van der Waals surface area contributed by atoms with E-state index in [1.807, 2.05) is 31.2 Å². The van der Waals surface area contributed by atoms with Gasteiger partial charge in [0.25, 0.3) is 0 Å². The number of aromatic carboxylic acids is 1. The van der Waals surface area contributed by atoms with Gasteiger partial charge in [0.1, 0.15) is 0 Å². The van der Waals surface area contributed by atoms with Gasteiger partial charge < -0.3 is 5.11 Å². The molecule has 0 spiro atoms. The van der Waals surface area contributed by atoms with Crippen LogP contribution >= 0.6 is 0 Å². The molecule has 3 radical (unpaired) electrons. The zero-order valence-electron chi connectivity index (χ0n) is 8.40. The van der Waals surface area contributed by atoms with Crippen molar-refractivity contribution in [3.05, 3.63) is 47.5 Å². The fourth-order valence-corrected chi connectivity index (χ4v) is 1.71. The smallest absolute Gasteiger partial charge is 0.336 e. The first-order chi connectivity index (χ1) is 6.70. The minimum Gasteiger partial charge on any atom is -0.478 e. The van der Waals surface area contributed by atoms with Gasteiger partial charge in [0.05, 0.1) is 5.56 Å². The van der Waals surface area contributed by atoms with Gasteiger partial charge in [-0.3, -0.25) is 0 Å². The minimum atomic E-state index is -0.870. The number of carbonyl (C=O) groups is 1. The molecule has 0 saturated heterocycles. The summed E-state index contributed by atoms with van der Waals surface area (Å²) in [5, 5.41) is 10.8. The van der Waals surface area contributed by atoms with Crippen molar-refractivity contribution < 1.29 is 9.90 Å². The van der Waals surface area contributed by atoms with Crippen molar-refractivity contribution in [3.8, 4) is 0 Å². The monoisotopic (exact) mass is 301 g/mol. The summed E-state index contributed by atoms with van der Waals surface area (Å²) in [5.41, 5.74) is 1.38. The van der Waals surface area contributed by atoms with Gasteiger partial charge in [-0.25, -0.2) is 4.79 Å². The van der Waals surface area contributed by atoms with Crippen molar-refractivity contribution in [1.29, 1.82) is 0 Å². The molecule has 0 amide bonds. The zero-order chi connectivity index (χ0) is 10.1. The molecule has 0 heterocycles. The normalized spacial score (nSPS) is 9.67. The molecule has 3 heteroatoms. The summed E-state index contributed by atoms with van der Waals surface area (Å²) < 4.78 is 0. The van der Waals surface area contributed by atoms with Crippen LogP contribution in [0.5, 0.6) is 0 Å². The average Bonchev–Trinajstić information content (AvgIpc) is 2.17. The minimum absolute atomic E-state index is 0. The molecular formula is C12H10InO2. The third kappa shape index (κ3) is 2.17. The number of benzene rings is 2.